The van der Waals surface area contributed by atoms with Crippen LogP contribution < -0.4 is 0 Å². The molecule has 1 aromatic carbocycles. The molecule has 0 aliphatic carbocycles. The maximum absolute atomic E-state index is 7.00. The van der Waals surface area contributed by atoms with Crippen LogP contribution in [0.5, 0.6) is 0 Å². The molecule has 0 amide bonds. The van der Waals surface area contributed by atoms with Gasteiger partial charge in [0.25, 0.3) is 0 Å². The first-order valence-corrected chi connectivity index (χ1v) is 4.63. The van der Waals surface area contributed by atoms with Crippen molar-refractivity contribution in [2.45, 2.75) is 6.92 Å². The van der Waals surface area contributed by atoms with Crippen molar-refractivity contribution < 1.29 is 5.11 Å². The lowest BCUT2D eigenvalue weighted by Crippen LogP contribution is -1.63. The van der Waals surface area contributed by atoms with E-state index in [1.807, 2.05) is 11.3 Å². The van der Waals surface area contributed by atoms with E-state index in [1.165, 1.54) is 15.6 Å². The topological polar surface area (TPSA) is 20.2 Å². The van der Waals surface area contributed by atoms with E-state index in [2.05, 4.69) is 36.6 Å². The lowest BCUT2D eigenvalue weighted by atomic mass is 10.2. The van der Waals surface area contributed by atoms with Gasteiger partial charge in [0.05, 0.1) is 0 Å². The first kappa shape index (κ1) is 9.23. The highest BCUT2D eigenvalue weighted by molar-refractivity contribution is 7.17. The number of benzene rings is 1. The maximum atomic E-state index is 7.00. The average Bonchev–Trinajstić information content (AvgIpc) is 2.53. The lowest BCUT2D eigenvalue weighted by molar-refractivity contribution is 0.399. The zero-order chi connectivity index (χ0) is 8.97. The van der Waals surface area contributed by atoms with Crippen molar-refractivity contribution in [3.05, 3.63) is 35.2 Å². The van der Waals surface area contributed by atoms with Gasteiger partial charge in [-0.3, -0.25) is 0 Å². The number of fused-ring (bicyclic) bond motifs is 1. The molecule has 0 aliphatic heterocycles. The Morgan fingerprint density at radius 2 is 1.83 bits per heavy atom. The largest absolute Gasteiger partial charge is 0.400 e. The third-order valence-electron chi connectivity index (χ3n) is 1.67. The Balaban J connectivity index is 0.000000336. The van der Waals surface area contributed by atoms with Gasteiger partial charge in [-0.15, -0.1) is 11.3 Å². The molecule has 2 heteroatoms. The van der Waals surface area contributed by atoms with Gasteiger partial charge < -0.3 is 5.11 Å². The SMILES string of the molecule is CO.Cc1csc2ccccc12. The Morgan fingerprint density at radius 1 is 1.17 bits per heavy atom. The molecule has 0 saturated carbocycles. The van der Waals surface area contributed by atoms with Crippen LogP contribution in [0.25, 0.3) is 10.1 Å². The summed E-state index contributed by atoms with van der Waals surface area (Å²) in [4.78, 5) is 0. The van der Waals surface area contributed by atoms with E-state index in [1.54, 1.807) is 0 Å². The summed E-state index contributed by atoms with van der Waals surface area (Å²) in [5.41, 5.74) is 1.39. The van der Waals surface area contributed by atoms with Crippen molar-refractivity contribution in [1.82, 2.24) is 0 Å². The summed E-state index contributed by atoms with van der Waals surface area (Å²) < 4.78 is 1.39. The van der Waals surface area contributed by atoms with Gasteiger partial charge in [-0.25, -0.2) is 0 Å². The molecule has 2 aromatic rings. The summed E-state index contributed by atoms with van der Waals surface area (Å²) >= 11 is 1.81. The van der Waals surface area contributed by atoms with Gasteiger partial charge in [-0.1, -0.05) is 18.2 Å². The Kier molecular flexibility index (Phi) is 3.26. The Labute approximate surface area is 76.3 Å². The van der Waals surface area contributed by atoms with Crippen LogP contribution in [0.1, 0.15) is 5.56 Å². The van der Waals surface area contributed by atoms with Crippen molar-refractivity contribution in [2.75, 3.05) is 7.11 Å². The zero-order valence-corrected chi connectivity index (χ0v) is 8.06. The summed E-state index contributed by atoms with van der Waals surface area (Å²) in [7, 11) is 1.00. The fourth-order valence-electron chi connectivity index (χ4n) is 1.11. The zero-order valence-electron chi connectivity index (χ0n) is 7.24. The van der Waals surface area contributed by atoms with E-state index < -0.39 is 0 Å². The van der Waals surface area contributed by atoms with Gasteiger partial charge in [0.2, 0.25) is 0 Å². The van der Waals surface area contributed by atoms with Crippen molar-refractivity contribution in [3.63, 3.8) is 0 Å². The molecular weight excluding hydrogens is 168 g/mol. The minimum Gasteiger partial charge on any atom is -0.400 e. The third-order valence-corrected chi connectivity index (χ3v) is 2.76. The van der Waals surface area contributed by atoms with Crippen LogP contribution in [-0.4, -0.2) is 12.2 Å². The molecule has 0 saturated heterocycles. The summed E-state index contributed by atoms with van der Waals surface area (Å²) in [5, 5.41) is 10.6. The molecule has 0 atom stereocenters. The van der Waals surface area contributed by atoms with Gasteiger partial charge in [0.15, 0.2) is 0 Å². The Bertz CT molecular complexity index is 351. The summed E-state index contributed by atoms with van der Waals surface area (Å²) in [6, 6.07) is 8.49. The van der Waals surface area contributed by atoms with Crippen LogP contribution in [-0.2, 0) is 0 Å². The molecule has 0 bridgehead atoms. The van der Waals surface area contributed by atoms with Crippen LogP contribution in [0, 0.1) is 6.92 Å². The second kappa shape index (κ2) is 4.24. The highest BCUT2D eigenvalue weighted by Gasteiger charge is 1.95. The Morgan fingerprint density at radius 3 is 2.50 bits per heavy atom. The predicted molar refractivity (Wildman–Crippen MR) is 54.7 cm³/mol. The number of aliphatic hydroxyl groups is 1. The summed E-state index contributed by atoms with van der Waals surface area (Å²) in [5.74, 6) is 0. The minimum absolute atomic E-state index is 1.00. The number of hydrogen-bond donors (Lipinski definition) is 1. The first-order chi connectivity index (χ1) is 5.88. The molecule has 12 heavy (non-hydrogen) atoms. The van der Waals surface area contributed by atoms with Gasteiger partial charge in [-0.05, 0) is 29.3 Å². The van der Waals surface area contributed by atoms with Gasteiger partial charge in [-0.2, -0.15) is 0 Å². The monoisotopic (exact) mass is 180 g/mol. The summed E-state index contributed by atoms with van der Waals surface area (Å²) in [6.07, 6.45) is 0. The van der Waals surface area contributed by atoms with Crippen LogP contribution in [0.15, 0.2) is 29.6 Å². The number of aliphatic hydroxyl groups excluding tert-OH is 1. The van der Waals surface area contributed by atoms with E-state index in [4.69, 9.17) is 5.11 Å². The first-order valence-electron chi connectivity index (χ1n) is 3.75. The van der Waals surface area contributed by atoms with E-state index in [-0.39, 0.29) is 0 Å². The van der Waals surface area contributed by atoms with Crippen LogP contribution in [0.4, 0.5) is 0 Å². The van der Waals surface area contributed by atoms with E-state index in [0.717, 1.165) is 7.11 Å². The molecule has 0 aliphatic rings. The van der Waals surface area contributed by atoms with Crippen LogP contribution >= 0.6 is 11.3 Å². The second-order valence-corrected chi connectivity index (χ2v) is 3.33. The fraction of sp³-hybridized carbons (Fsp3) is 0.200. The van der Waals surface area contributed by atoms with Gasteiger partial charge in [0.1, 0.15) is 0 Å². The maximum Gasteiger partial charge on any atom is 0.0345 e. The molecule has 1 nitrogen and oxygen atoms in total. The van der Waals surface area contributed by atoms with E-state index in [9.17, 15) is 0 Å². The number of hydrogen-bond acceptors (Lipinski definition) is 2. The van der Waals surface area contributed by atoms with Crippen molar-refractivity contribution in [2.24, 2.45) is 0 Å². The molecule has 1 aromatic heterocycles. The molecule has 0 spiro atoms. The predicted octanol–water partition coefficient (Wildman–Crippen LogP) is 2.82. The molecule has 64 valence electrons. The van der Waals surface area contributed by atoms with Crippen molar-refractivity contribution in [3.8, 4) is 0 Å². The smallest absolute Gasteiger partial charge is 0.0345 e. The van der Waals surface area contributed by atoms with Gasteiger partial charge in [0, 0.05) is 11.8 Å². The minimum atomic E-state index is 1.00. The molecule has 0 radical (unpaired) electrons. The summed E-state index contributed by atoms with van der Waals surface area (Å²) in [6.45, 7) is 2.15. The quantitative estimate of drug-likeness (QED) is 0.661. The molecule has 1 N–H and O–H groups in total. The van der Waals surface area contributed by atoms with Crippen LogP contribution in [0.2, 0.25) is 0 Å². The molecule has 1 heterocycles. The van der Waals surface area contributed by atoms with Crippen molar-refractivity contribution in [1.29, 1.82) is 0 Å². The molecule has 2 rings (SSSR count). The molecular formula is C10H12OS. The Hall–Kier alpha value is -0.860. The van der Waals surface area contributed by atoms with Crippen LogP contribution in [0.3, 0.4) is 0 Å². The molecule has 0 fully saturated rings. The lowest BCUT2D eigenvalue weighted by Gasteiger charge is -1.86. The third kappa shape index (κ3) is 1.65. The van der Waals surface area contributed by atoms with Crippen molar-refractivity contribution >= 4 is 21.4 Å². The highest BCUT2D eigenvalue weighted by atomic mass is 32.1. The fourth-order valence-corrected chi connectivity index (χ4v) is 2.05. The average molecular weight is 180 g/mol. The number of rotatable bonds is 0. The number of thiophene rings is 1. The van der Waals surface area contributed by atoms with Gasteiger partial charge >= 0.3 is 0 Å². The standard InChI is InChI=1S/C9H8S.CH4O/c1-7-6-10-9-5-3-2-4-8(7)9;1-2/h2-6H,1H3;2H,1H3. The number of aryl methyl sites for hydroxylation is 1. The second-order valence-electron chi connectivity index (χ2n) is 2.41. The van der Waals surface area contributed by atoms with E-state index in [0.29, 0.717) is 0 Å². The molecule has 0 unspecified atom stereocenters. The van der Waals surface area contributed by atoms with E-state index >= 15 is 0 Å². The highest BCUT2D eigenvalue weighted by Crippen LogP contribution is 2.24. The normalized spacial score (nSPS) is 9.25.